The van der Waals surface area contributed by atoms with Crippen LogP contribution in [0.5, 0.6) is 0 Å². The monoisotopic (exact) mass is 339 g/mol. The van der Waals surface area contributed by atoms with E-state index in [1.807, 2.05) is 26.0 Å². The standard InChI is InChI=1S/C16H16BrF2N/c1-9-4-11(5-10(2)15(9)17)16(20-3)12-6-13(18)8-14(19)7-12/h4-8,16,20H,1-3H3. The molecule has 0 aliphatic carbocycles. The maximum absolute atomic E-state index is 13.4. The van der Waals surface area contributed by atoms with Crippen LogP contribution < -0.4 is 5.32 Å². The SMILES string of the molecule is CNC(c1cc(F)cc(F)c1)c1cc(C)c(Br)c(C)c1. The molecule has 0 heterocycles. The lowest BCUT2D eigenvalue weighted by molar-refractivity contribution is 0.571. The number of benzene rings is 2. The predicted molar refractivity (Wildman–Crippen MR) is 80.9 cm³/mol. The summed E-state index contributed by atoms with van der Waals surface area (Å²) in [5.74, 6) is -1.13. The fourth-order valence-electron chi connectivity index (χ4n) is 2.41. The quantitative estimate of drug-likeness (QED) is 0.857. The van der Waals surface area contributed by atoms with E-state index >= 15 is 0 Å². The minimum atomic E-state index is -0.564. The Kier molecular flexibility index (Phi) is 4.55. The Labute approximate surface area is 126 Å². The molecule has 0 bridgehead atoms. The van der Waals surface area contributed by atoms with Gasteiger partial charge >= 0.3 is 0 Å². The molecular formula is C16H16BrF2N. The molecule has 1 atom stereocenters. The molecule has 1 nitrogen and oxygen atoms in total. The normalized spacial score (nSPS) is 12.5. The van der Waals surface area contributed by atoms with Crippen molar-refractivity contribution in [3.05, 3.63) is 68.7 Å². The molecule has 0 aromatic heterocycles. The molecule has 2 aromatic carbocycles. The van der Waals surface area contributed by atoms with Crippen molar-refractivity contribution in [3.8, 4) is 0 Å². The van der Waals surface area contributed by atoms with Crippen LogP contribution in [0.15, 0.2) is 34.8 Å². The highest BCUT2D eigenvalue weighted by Crippen LogP contribution is 2.29. The summed E-state index contributed by atoms with van der Waals surface area (Å²) in [7, 11) is 1.78. The highest BCUT2D eigenvalue weighted by Gasteiger charge is 2.16. The molecule has 4 heteroatoms. The Morgan fingerprint density at radius 2 is 1.35 bits per heavy atom. The van der Waals surface area contributed by atoms with E-state index in [1.165, 1.54) is 12.1 Å². The molecule has 1 unspecified atom stereocenters. The van der Waals surface area contributed by atoms with E-state index in [9.17, 15) is 8.78 Å². The first-order valence-electron chi connectivity index (χ1n) is 6.32. The van der Waals surface area contributed by atoms with Crippen LogP contribution in [0.3, 0.4) is 0 Å². The third kappa shape index (κ3) is 3.07. The summed E-state index contributed by atoms with van der Waals surface area (Å²) >= 11 is 3.52. The van der Waals surface area contributed by atoms with Crippen LogP contribution in [0.1, 0.15) is 28.3 Å². The lowest BCUT2D eigenvalue weighted by atomic mass is 9.95. The van der Waals surface area contributed by atoms with Crippen molar-refractivity contribution in [2.24, 2.45) is 0 Å². The van der Waals surface area contributed by atoms with Crippen molar-refractivity contribution in [2.45, 2.75) is 19.9 Å². The topological polar surface area (TPSA) is 12.0 Å². The van der Waals surface area contributed by atoms with Gasteiger partial charge in [-0.3, -0.25) is 0 Å². The summed E-state index contributed by atoms with van der Waals surface area (Å²) < 4.78 is 27.8. The largest absolute Gasteiger partial charge is 0.309 e. The van der Waals surface area contributed by atoms with Gasteiger partial charge in [-0.15, -0.1) is 0 Å². The average molecular weight is 340 g/mol. The number of hydrogen-bond acceptors (Lipinski definition) is 1. The first kappa shape index (κ1) is 15.1. The van der Waals surface area contributed by atoms with Crippen LogP contribution in [-0.4, -0.2) is 7.05 Å². The zero-order valence-corrected chi connectivity index (χ0v) is 13.2. The highest BCUT2D eigenvalue weighted by molar-refractivity contribution is 9.10. The second-order valence-electron chi connectivity index (χ2n) is 4.89. The van der Waals surface area contributed by atoms with Gasteiger partial charge in [-0.1, -0.05) is 28.1 Å². The van der Waals surface area contributed by atoms with Gasteiger partial charge in [0.15, 0.2) is 0 Å². The molecule has 106 valence electrons. The minimum absolute atomic E-state index is 0.245. The molecule has 0 aliphatic heterocycles. The van der Waals surface area contributed by atoms with Gasteiger partial charge in [0.2, 0.25) is 0 Å². The van der Waals surface area contributed by atoms with E-state index in [0.29, 0.717) is 5.56 Å². The maximum atomic E-state index is 13.4. The first-order valence-corrected chi connectivity index (χ1v) is 7.11. The molecule has 0 radical (unpaired) electrons. The lowest BCUT2D eigenvalue weighted by Gasteiger charge is -2.19. The maximum Gasteiger partial charge on any atom is 0.126 e. The van der Waals surface area contributed by atoms with E-state index < -0.39 is 11.6 Å². The summed E-state index contributed by atoms with van der Waals surface area (Å²) in [6.07, 6.45) is 0. The molecule has 1 N–H and O–H groups in total. The summed E-state index contributed by atoms with van der Waals surface area (Å²) in [6.45, 7) is 4.00. The van der Waals surface area contributed by atoms with E-state index in [0.717, 1.165) is 27.2 Å². The van der Waals surface area contributed by atoms with Gasteiger partial charge in [-0.2, -0.15) is 0 Å². The van der Waals surface area contributed by atoms with E-state index in [4.69, 9.17) is 0 Å². The second-order valence-corrected chi connectivity index (χ2v) is 5.69. The molecule has 0 amide bonds. The first-order chi connectivity index (χ1) is 9.42. The van der Waals surface area contributed by atoms with Crippen molar-refractivity contribution in [3.63, 3.8) is 0 Å². The zero-order chi connectivity index (χ0) is 14.9. The summed E-state index contributed by atoms with van der Waals surface area (Å²) in [5.41, 5.74) is 3.75. The predicted octanol–water partition coefficient (Wildman–Crippen LogP) is 4.65. The lowest BCUT2D eigenvalue weighted by Crippen LogP contribution is -2.18. The third-order valence-corrected chi connectivity index (χ3v) is 4.55. The van der Waals surface area contributed by atoms with Crippen molar-refractivity contribution in [1.82, 2.24) is 5.32 Å². The molecule has 0 fully saturated rings. The Bertz CT molecular complexity index is 597. The zero-order valence-electron chi connectivity index (χ0n) is 11.6. The van der Waals surface area contributed by atoms with Gasteiger partial charge in [-0.05, 0) is 55.3 Å². The van der Waals surface area contributed by atoms with Crippen LogP contribution >= 0.6 is 15.9 Å². The molecule has 0 saturated carbocycles. The Balaban J connectivity index is 2.52. The average Bonchev–Trinajstić information content (AvgIpc) is 2.35. The summed E-state index contributed by atoms with van der Waals surface area (Å²) in [5, 5.41) is 3.11. The number of aryl methyl sites for hydroxylation is 2. The molecule has 0 spiro atoms. The summed E-state index contributed by atoms with van der Waals surface area (Å²) in [6, 6.07) is 7.38. The molecule has 2 rings (SSSR count). The molecule has 20 heavy (non-hydrogen) atoms. The van der Waals surface area contributed by atoms with E-state index in [2.05, 4.69) is 21.2 Å². The van der Waals surface area contributed by atoms with Gasteiger partial charge in [0.1, 0.15) is 11.6 Å². The van der Waals surface area contributed by atoms with E-state index in [-0.39, 0.29) is 6.04 Å². The number of nitrogens with one attached hydrogen (secondary N) is 1. The molecule has 2 aromatic rings. The van der Waals surface area contributed by atoms with Crippen LogP contribution in [0.2, 0.25) is 0 Å². The number of rotatable bonds is 3. The van der Waals surface area contributed by atoms with Crippen molar-refractivity contribution >= 4 is 15.9 Å². The van der Waals surface area contributed by atoms with Gasteiger partial charge in [-0.25, -0.2) is 8.78 Å². The Hall–Kier alpha value is -1.26. The summed E-state index contributed by atoms with van der Waals surface area (Å²) in [4.78, 5) is 0. The van der Waals surface area contributed by atoms with Crippen molar-refractivity contribution in [1.29, 1.82) is 0 Å². The number of hydrogen-bond donors (Lipinski definition) is 1. The highest BCUT2D eigenvalue weighted by atomic mass is 79.9. The molecule has 0 aliphatic rings. The Morgan fingerprint density at radius 1 is 0.900 bits per heavy atom. The number of halogens is 3. The van der Waals surface area contributed by atoms with E-state index in [1.54, 1.807) is 7.05 Å². The van der Waals surface area contributed by atoms with Gasteiger partial charge in [0.05, 0.1) is 6.04 Å². The smallest absolute Gasteiger partial charge is 0.126 e. The van der Waals surface area contributed by atoms with Crippen molar-refractivity contribution in [2.75, 3.05) is 7.05 Å². The van der Waals surface area contributed by atoms with Crippen LogP contribution in [0.25, 0.3) is 0 Å². The Morgan fingerprint density at radius 3 is 1.80 bits per heavy atom. The molecular weight excluding hydrogens is 324 g/mol. The van der Waals surface area contributed by atoms with Crippen LogP contribution in [0, 0.1) is 25.5 Å². The van der Waals surface area contributed by atoms with Gasteiger partial charge in [0.25, 0.3) is 0 Å². The third-order valence-electron chi connectivity index (χ3n) is 3.30. The fraction of sp³-hybridized carbons (Fsp3) is 0.250. The van der Waals surface area contributed by atoms with Crippen LogP contribution in [0.4, 0.5) is 8.78 Å². The van der Waals surface area contributed by atoms with Gasteiger partial charge < -0.3 is 5.32 Å². The van der Waals surface area contributed by atoms with Gasteiger partial charge in [0, 0.05) is 10.5 Å². The fourth-order valence-corrected chi connectivity index (χ4v) is 2.64. The molecule has 0 saturated heterocycles. The van der Waals surface area contributed by atoms with Crippen molar-refractivity contribution < 1.29 is 8.78 Å². The minimum Gasteiger partial charge on any atom is -0.309 e. The van der Waals surface area contributed by atoms with Crippen LogP contribution in [-0.2, 0) is 0 Å². The second kappa shape index (κ2) is 6.02.